The van der Waals surface area contributed by atoms with E-state index in [1.165, 1.54) is 16.7 Å². The van der Waals surface area contributed by atoms with E-state index in [1.54, 1.807) is 0 Å². The van der Waals surface area contributed by atoms with Gasteiger partial charge in [0.2, 0.25) is 0 Å². The second-order valence-electron chi connectivity index (χ2n) is 6.94. The lowest BCUT2D eigenvalue weighted by atomic mass is 9.63. The first kappa shape index (κ1) is 15.0. The van der Waals surface area contributed by atoms with Crippen LogP contribution in [0.2, 0.25) is 0 Å². The molecule has 0 amide bonds. The average molecular weight is 314 g/mol. The highest BCUT2D eigenvalue weighted by Crippen LogP contribution is 2.44. The van der Waals surface area contributed by atoms with Crippen molar-refractivity contribution in [3.05, 3.63) is 95.6 Å². The number of hydrogen-bond donors (Lipinski definition) is 0. The molecule has 0 N–H and O–H groups in total. The molecule has 0 unspecified atom stereocenters. The average Bonchev–Trinajstić information content (AvgIpc) is 2.62. The van der Waals surface area contributed by atoms with E-state index in [0.717, 1.165) is 17.9 Å². The van der Waals surface area contributed by atoms with Gasteiger partial charge in [-0.15, -0.1) is 0 Å². The van der Waals surface area contributed by atoms with E-state index in [0.29, 0.717) is 5.92 Å². The summed E-state index contributed by atoms with van der Waals surface area (Å²) >= 11 is 0. The molecule has 7 rings (SSSR count). The van der Waals surface area contributed by atoms with Crippen LogP contribution < -0.4 is 4.74 Å². The minimum Gasteiger partial charge on any atom is -0.457 e. The molecule has 0 atom stereocenters. The second-order valence-corrected chi connectivity index (χ2v) is 6.94. The first-order chi connectivity index (χ1) is 11.7. The molecule has 1 heteroatoms. The van der Waals surface area contributed by atoms with E-state index in [1.807, 2.05) is 0 Å². The molecular weight excluding hydrogens is 292 g/mol. The quantitative estimate of drug-likeness (QED) is 0.578. The molecule has 24 heavy (non-hydrogen) atoms. The predicted octanol–water partition coefficient (Wildman–Crippen LogP) is 5.98. The molecule has 0 saturated heterocycles. The minimum atomic E-state index is -0.0459. The highest BCUT2D eigenvalue weighted by atomic mass is 16.5. The van der Waals surface area contributed by atoms with Crippen LogP contribution in [0.1, 0.15) is 30.5 Å². The fraction of sp³-hybridized carbons (Fsp3) is 0.217. The largest absolute Gasteiger partial charge is 0.457 e. The Morgan fingerprint density at radius 1 is 0.708 bits per heavy atom. The lowest BCUT2D eigenvalue weighted by Gasteiger charge is -2.40. The lowest BCUT2D eigenvalue weighted by molar-refractivity contribution is 0.365. The number of hydrogen-bond acceptors (Lipinski definition) is 1. The van der Waals surface area contributed by atoms with Gasteiger partial charge in [0.25, 0.3) is 0 Å². The zero-order valence-corrected chi connectivity index (χ0v) is 14.2. The van der Waals surface area contributed by atoms with E-state index < -0.39 is 0 Å². The van der Waals surface area contributed by atoms with E-state index in [9.17, 15) is 0 Å². The topological polar surface area (TPSA) is 9.23 Å². The number of ether oxygens (including phenoxy) is 1. The van der Waals surface area contributed by atoms with Crippen LogP contribution in [0.4, 0.5) is 0 Å². The third-order valence-corrected chi connectivity index (χ3v) is 5.29. The number of benzene rings is 3. The van der Waals surface area contributed by atoms with Crippen molar-refractivity contribution in [3.8, 4) is 11.5 Å². The monoisotopic (exact) mass is 314 g/mol. The Labute approximate surface area is 143 Å². The standard InChI is InChI=1S/C23H22O/c1-17(2)23(16-18-6-4-3-5-7-18)19-8-12-21(13-9-19)24-22-14-10-20(23)11-15-22/h3-15,17H,16H2,1-2H3. The molecule has 4 aliphatic heterocycles. The Morgan fingerprint density at radius 3 is 1.67 bits per heavy atom. The molecule has 120 valence electrons. The van der Waals surface area contributed by atoms with Crippen LogP contribution in [0, 0.1) is 5.92 Å². The first-order valence-electron chi connectivity index (χ1n) is 8.61. The summed E-state index contributed by atoms with van der Waals surface area (Å²) in [6, 6.07) is 28.1. The minimum absolute atomic E-state index is 0.0459. The van der Waals surface area contributed by atoms with Gasteiger partial charge in [0, 0.05) is 5.41 Å². The molecule has 0 fully saturated rings. The third kappa shape index (κ3) is 2.41. The maximum atomic E-state index is 5.91. The summed E-state index contributed by atoms with van der Waals surface area (Å²) in [7, 11) is 0. The van der Waals surface area contributed by atoms with Crippen molar-refractivity contribution >= 4 is 0 Å². The fourth-order valence-electron chi connectivity index (χ4n) is 3.94. The van der Waals surface area contributed by atoms with Gasteiger partial charge in [0.1, 0.15) is 11.5 Å². The van der Waals surface area contributed by atoms with Crippen molar-refractivity contribution in [2.45, 2.75) is 25.7 Å². The summed E-state index contributed by atoms with van der Waals surface area (Å²) in [5, 5.41) is 0. The maximum absolute atomic E-state index is 5.91. The Kier molecular flexibility index (Phi) is 3.65. The third-order valence-electron chi connectivity index (χ3n) is 5.29. The molecule has 0 saturated carbocycles. The van der Waals surface area contributed by atoms with Gasteiger partial charge in [-0.3, -0.25) is 0 Å². The zero-order chi connectivity index (χ0) is 16.6. The Balaban J connectivity index is 1.95. The van der Waals surface area contributed by atoms with Crippen molar-refractivity contribution in [1.82, 2.24) is 0 Å². The van der Waals surface area contributed by atoms with Gasteiger partial charge in [0.05, 0.1) is 0 Å². The van der Waals surface area contributed by atoms with Crippen molar-refractivity contribution in [1.29, 1.82) is 0 Å². The van der Waals surface area contributed by atoms with Crippen molar-refractivity contribution in [2.75, 3.05) is 0 Å². The van der Waals surface area contributed by atoms with Crippen molar-refractivity contribution in [3.63, 3.8) is 0 Å². The van der Waals surface area contributed by atoms with Crippen LogP contribution in [-0.2, 0) is 11.8 Å². The van der Waals surface area contributed by atoms with Gasteiger partial charge in [0.15, 0.2) is 0 Å². The van der Waals surface area contributed by atoms with Crippen LogP contribution in [0.15, 0.2) is 78.9 Å². The van der Waals surface area contributed by atoms with Crippen LogP contribution in [0.3, 0.4) is 0 Å². The van der Waals surface area contributed by atoms with E-state index in [2.05, 4.69) is 92.7 Å². The SMILES string of the molecule is CC(C)C1(Cc2ccccc2)c2ccc(cc2)Oc2ccc1cc2. The molecule has 3 aromatic carbocycles. The van der Waals surface area contributed by atoms with Gasteiger partial charge in [-0.05, 0) is 53.3 Å². The zero-order valence-electron chi connectivity index (χ0n) is 14.2. The molecule has 3 aromatic rings. The van der Waals surface area contributed by atoms with E-state index in [-0.39, 0.29) is 5.41 Å². The molecule has 4 bridgehead atoms. The first-order valence-corrected chi connectivity index (χ1v) is 8.61. The van der Waals surface area contributed by atoms with Crippen LogP contribution >= 0.6 is 0 Å². The molecule has 4 heterocycles. The van der Waals surface area contributed by atoms with Gasteiger partial charge in [-0.25, -0.2) is 0 Å². The van der Waals surface area contributed by atoms with Gasteiger partial charge in [-0.2, -0.15) is 0 Å². The molecule has 0 aromatic heterocycles. The van der Waals surface area contributed by atoms with Crippen LogP contribution in [0.25, 0.3) is 0 Å². The predicted molar refractivity (Wildman–Crippen MR) is 98.7 cm³/mol. The second kappa shape index (κ2) is 5.83. The summed E-state index contributed by atoms with van der Waals surface area (Å²) in [6.45, 7) is 4.65. The molecule has 1 nitrogen and oxygen atoms in total. The maximum Gasteiger partial charge on any atom is 0.127 e. The summed E-state index contributed by atoms with van der Waals surface area (Å²) in [5.74, 6) is 2.26. The number of rotatable bonds is 3. The Bertz CT molecular complexity index is 769. The molecule has 0 aliphatic carbocycles. The molecule has 0 radical (unpaired) electrons. The van der Waals surface area contributed by atoms with Gasteiger partial charge < -0.3 is 4.74 Å². The van der Waals surface area contributed by atoms with Crippen LogP contribution in [-0.4, -0.2) is 0 Å². The van der Waals surface area contributed by atoms with Gasteiger partial charge in [-0.1, -0.05) is 68.4 Å². The summed E-state index contributed by atoms with van der Waals surface area (Å²) in [6.07, 6.45) is 0.991. The Morgan fingerprint density at radius 2 is 1.21 bits per heavy atom. The van der Waals surface area contributed by atoms with Crippen LogP contribution in [0.5, 0.6) is 11.5 Å². The molecule has 0 spiro atoms. The fourth-order valence-corrected chi connectivity index (χ4v) is 3.94. The van der Waals surface area contributed by atoms with Crippen molar-refractivity contribution < 1.29 is 4.74 Å². The summed E-state index contributed by atoms with van der Waals surface area (Å²) in [4.78, 5) is 0. The summed E-state index contributed by atoms with van der Waals surface area (Å²) in [5.41, 5.74) is 4.02. The van der Waals surface area contributed by atoms with Crippen molar-refractivity contribution in [2.24, 2.45) is 5.92 Å². The summed E-state index contributed by atoms with van der Waals surface area (Å²) < 4.78 is 5.91. The molecular formula is C23H22O. The molecule has 4 aliphatic rings. The Hall–Kier alpha value is -2.54. The van der Waals surface area contributed by atoms with Gasteiger partial charge >= 0.3 is 0 Å². The lowest BCUT2D eigenvalue weighted by Crippen LogP contribution is -2.36. The highest BCUT2D eigenvalue weighted by molar-refractivity contribution is 5.48. The van der Waals surface area contributed by atoms with E-state index in [4.69, 9.17) is 4.74 Å². The normalized spacial score (nSPS) is 14.6. The smallest absolute Gasteiger partial charge is 0.127 e. The van der Waals surface area contributed by atoms with E-state index >= 15 is 0 Å². The highest BCUT2D eigenvalue weighted by Gasteiger charge is 2.38.